The number of aromatic nitrogens is 1. The number of thiazole rings is 1. The Kier molecular flexibility index (Phi) is 3.90. The Bertz CT molecular complexity index is 650. The molecule has 6 heteroatoms. The van der Waals surface area contributed by atoms with E-state index in [1.54, 1.807) is 0 Å². The number of hydrogen-bond donors (Lipinski definition) is 2. The lowest BCUT2D eigenvalue weighted by Crippen LogP contribution is -2.36. The summed E-state index contributed by atoms with van der Waals surface area (Å²) < 4.78 is 0. The molecule has 0 radical (unpaired) electrons. The van der Waals surface area contributed by atoms with Gasteiger partial charge in [0.25, 0.3) is 0 Å². The van der Waals surface area contributed by atoms with E-state index in [0.717, 1.165) is 30.9 Å². The van der Waals surface area contributed by atoms with Gasteiger partial charge in [0.1, 0.15) is 0 Å². The molecule has 5 nitrogen and oxygen atoms in total. The first-order valence-corrected chi connectivity index (χ1v) is 7.75. The number of nitrogens with two attached hydrogens (primary N) is 1. The maximum Gasteiger partial charge on any atom is 0.238 e. The molecular weight excluding hydrogens is 284 g/mol. The minimum atomic E-state index is 0.0137. The van der Waals surface area contributed by atoms with E-state index in [9.17, 15) is 4.79 Å². The lowest BCUT2D eigenvalue weighted by atomic mass is 10.2. The molecule has 1 aliphatic rings. The molecule has 3 rings (SSSR count). The minimum absolute atomic E-state index is 0.0137. The Hall–Kier alpha value is -1.92. The molecule has 3 N–H and O–H groups in total. The largest absolute Gasteiger partial charge is 0.375 e. The fourth-order valence-electron chi connectivity index (χ4n) is 2.44. The van der Waals surface area contributed by atoms with Gasteiger partial charge in [-0.3, -0.25) is 9.69 Å². The number of rotatable bonds is 3. The van der Waals surface area contributed by atoms with Gasteiger partial charge in [0, 0.05) is 30.1 Å². The van der Waals surface area contributed by atoms with Gasteiger partial charge < -0.3 is 11.1 Å². The van der Waals surface area contributed by atoms with Crippen molar-refractivity contribution in [2.45, 2.75) is 19.9 Å². The molecule has 1 aromatic carbocycles. The number of hydrogen-bond acceptors (Lipinski definition) is 5. The highest BCUT2D eigenvalue weighted by atomic mass is 32.1. The summed E-state index contributed by atoms with van der Waals surface area (Å²) in [4.78, 5) is 19.7. The Morgan fingerprint density at radius 3 is 2.95 bits per heavy atom. The molecule has 0 atom stereocenters. The maximum absolute atomic E-state index is 12.1. The third-order valence-corrected chi connectivity index (χ3v) is 4.44. The van der Waals surface area contributed by atoms with E-state index in [1.165, 1.54) is 21.8 Å². The molecule has 0 saturated heterocycles. The van der Waals surface area contributed by atoms with Crippen molar-refractivity contribution >= 4 is 28.1 Å². The average molecular weight is 302 g/mol. The number of aryl methyl sites for hydroxylation is 1. The van der Waals surface area contributed by atoms with Gasteiger partial charge in [0.2, 0.25) is 5.91 Å². The van der Waals surface area contributed by atoms with Crippen molar-refractivity contribution in [3.63, 3.8) is 0 Å². The number of nitrogen functional groups attached to an aromatic ring is 1. The summed E-state index contributed by atoms with van der Waals surface area (Å²) in [5, 5.41) is 3.54. The molecule has 21 heavy (non-hydrogen) atoms. The van der Waals surface area contributed by atoms with E-state index >= 15 is 0 Å². The lowest BCUT2D eigenvalue weighted by Gasteiger charge is -2.25. The standard InChI is InChI=1S/C15H18N4OS/c1-10-2-4-11(5-3-10)17-14(20)9-19-7-6-12-13(8-19)21-15(16)18-12/h2-5H,6-9H2,1H3,(H2,16,18)(H,17,20). The third-order valence-electron chi connectivity index (χ3n) is 3.53. The van der Waals surface area contributed by atoms with Crippen molar-refractivity contribution in [2.24, 2.45) is 0 Å². The first-order chi connectivity index (χ1) is 10.1. The van der Waals surface area contributed by atoms with Gasteiger partial charge in [-0.2, -0.15) is 0 Å². The van der Waals surface area contributed by atoms with Crippen molar-refractivity contribution in [3.05, 3.63) is 40.4 Å². The number of carbonyl (C=O) groups excluding carboxylic acids is 1. The van der Waals surface area contributed by atoms with E-state index in [2.05, 4.69) is 15.2 Å². The zero-order valence-corrected chi connectivity index (χ0v) is 12.7. The van der Waals surface area contributed by atoms with Crippen LogP contribution in [0.4, 0.5) is 10.8 Å². The number of nitrogens with zero attached hydrogens (tertiary/aromatic N) is 2. The quantitative estimate of drug-likeness (QED) is 0.910. The Morgan fingerprint density at radius 2 is 2.19 bits per heavy atom. The highest BCUT2D eigenvalue weighted by Gasteiger charge is 2.21. The monoisotopic (exact) mass is 302 g/mol. The molecular formula is C15H18N4OS. The number of fused-ring (bicyclic) bond motifs is 1. The number of benzene rings is 1. The first kappa shape index (κ1) is 14.0. The Balaban J connectivity index is 1.57. The number of nitrogens with one attached hydrogen (secondary N) is 1. The normalized spacial score (nSPS) is 14.7. The molecule has 2 heterocycles. The van der Waals surface area contributed by atoms with E-state index in [-0.39, 0.29) is 5.91 Å². The van der Waals surface area contributed by atoms with Crippen molar-refractivity contribution in [1.82, 2.24) is 9.88 Å². The van der Waals surface area contributed by atoms with Crippen molar-refractivity contribution in [3.8, 4) is 0 Å². The fourth-order valence-corrected chi connectivity index (χ4v) is 3.36. The molecule has 1 amide bonds. The summed E-state index contributed by atoms with van der Waals surface area (Å²) in [6.45, 7) is 4.02. The summed E-state index contributed by atoms with van der Waals surface area (Å²) >= 11 is 1.52. The second kappa shape index (κ2) is 5.83. The zero-order valence-electron chi connectivity index (χ0n) is 11.9. The molecule has 0 saturated carbocycles. The Labute approximate surface area is 127 Å². The highest BCUT2D eigenvalue weighted by Crippen LogP contribution is 2.26. The third kappa shape index (κ3) is 3.40. The summed E-state index contributed by atoms with van der Waals surface area (Å²) in [5.41, 5.74) is 8.84. The van der Waals surface area contributed by atoms with Crippen LogP contribution in [0.3, 0.4) is 0 Å². The van der Waals surface area contributed by atoms with E-state index in [4.69, 9.17) is 5.73 Å². The van der Waals surface area contributed by atoms with Crippen LogP contribution in [0.2, 0.25) is 0 Å². The molecule has 1 aromatic heterocycles. The number of carbonyl (C=O) groups is 1. The van der Waals surface area contributed by atoms with Crippen LogP contribution in [-0.4, -0.2) is 28.9 Å². The maximum atomic E-state index is 12.1. The van der Waals surface area contributed by atoms with Crippen LogP contribution >= 0.6 is 11.3 Å². The van der Waals surface area contributed by atoms with Crippen LogP contribution in [0, 0.1) is 6.92 Å². The van der Waals surface area contributed by atoms with Crippen LogP contribution in [0.25, 0.3) is 0 Å². The van der Waals surface area contributed by atoms with Crippen LogP contribution < -0.4 is 11.1 Å². The topological polar surface area (TPSA) is 71.2 Å². The smallest absolute Gasteiger partial charge is 0.238 e. The molecule has 1 aliphatic heterocycles. The van der Waals surface area contributed by atoms with Gasteiger partial charge in [-0.25, -0.2) is 4.98 Å². The second-order valence-electron chi connectivity index (χ2n) is 5.30. The summed E-state index contributed by atoms with van der Waals surface area (Å²) in [6, 6.07) is 7.82. The van der Waals surface area contributed by atoms with Gasteiger partial charge in [-0.05, 0) is 19.1 Å². The van der Waals surface area contributed by atoms with Gasteiger partial charge in [0.05, 0.1) is 12.2 Å². The second-order valence-corrected chi connectivity index (χ2v) is 6.41. The molecule has 2 aromatic rings. The van der Waals surface area contributed by atoms with Crippen molar-refractivity contribution in [1.29, 1.82) is 0 Å². The van der Waals surface area contributed by atoms with Gasteiger partial charge >= 0.3 is 0 Å². The molecule has 0 spiro atoms. The van der Waals surface area contributed by atoms with Gasteiger partial charge in [-0.1, -0.05) is 17.7 Å². The molecule has 0 fully saturated rings. The predicted octanol–water partition coefficient (Wildman–Crippen LogP) is 2.03. The van der Waals surface area contributed by atoms with Crippen LogP contribution in [0.5, 0.6) is 0 Å². The molecule has 110 valence electrons. The summed E-state index contributed by atoms with van der Waals surface area (Å²) in [6.07, 6.45) is 0.862. The Morgan fingerprint density at radius 1 is 1.43 bits per heavy atom. The first-order valence-electron chi connectivity index (χ1n) is 6.93. The van der Waals surface area contributed by atoms with E-state index < -0.39 is 0 Å². The molecule has 0 bridgehead atoms. The van der Waals surface area contributed by atoms with Gasteiger partial charge in [-0.15, -0.1) is 11.3 Å². The SMILES string of the molecule is Cc1ccc(NC(=O)CN2CCc3nc(N)sc3C2)cc1. The molecule has 0 unspecified atom stereocenters. The fraction of sp³-hybridized carbons (Fsp3) is 0.333. The summed E-state index contributed by atoms with van der Waals surface area (Å²) in [7, 11) is 0. The number of amides is 1. The lowest BCUT2D eigenvalue weighted by molar-refractivity contribution is -0.117. The summed E-state index contributed by atoms with van der Waals surface area (Å²) in [5.74, 6) is 0.0137. The van der Waals surface area contributed by atoms with E-state index in [1.807, 2.05) is 31.2 Å². The van der Waals surface area contributed by atoms with Crippen LogP contribution in [0.1, 0.15) is 16.1 Å². The average Bonchev–Trinajstić information content (AvgIpc) is 2.80. The zero-order chi connectivity index (χ0) is 14.8. The van der Waals surface area contributed by atoms with Gasteiger partial charge in [0.15, 0.2) is 5.13 Å². The predicted molar refractivity (Wildman–Crippen MR) is 85.3 cm³/mol. The minimum Gasteiger partial charge on any atom is -0.375 e. The highest BCUT2D eigenvalue weighted by molar-refractivity contribution is 7.15. The van der Waals surface area contributed by atoms with Crippen molar-refractivity contribution < 1.29 is 4.79 Å². The van der Waals surface area contributed by atoms with Crippen LogP contribution in [0.15, 0.2) is 24.3 Å². The van der Waals surface area contributed by atoms with E-state index in [0.29, 0.717) is 11.7 Å². The molecule has 0 aliphatic carbocycles. The van der Waals surface area contributed by atoms with Crippen molar-refractivity contribution in [2.75, 3.05) is 24.1 Å². The number of anilines is 2. The van der Waals surface area contributed by atoms with Crippen LogP contribution in [-0.2, 0) is 17.8 Å².